The number of nitrogens with zero attached hydrogens (tertiary/aromatic N) is 3. The Balaban J connectivity index is 0.00000169. The number of benzene rings is 2. The molecule has 6 heteroatoms. The van der Waals surface area contributed by atoms with Gasteiger partial charge in [-0.25, -0.2) is 4.99 Å². The summed E-state index contributed by atoms with van der Waals surface area (Å²) in [6.45, 7) is 4.08. The van der Waals surface area contributed by atoms with Crippen LogP contribution in [0.25, 0.3) is 0 Å². The minimum atomic E-state index is 0. The van der Waals surface area contributed by atoms with Gasteiger partial charge in [-0.15, -0.1) is 0 Å². The molecular weight excluding hydrogens is 324 g/mol. The maximum atomic E-state index is 6.18. The van der Waals surface area contributed by atoms with Crippen LogP contribution in [0, 0.1) is 0 Å². The van der Waals surface area contributed by atoms with E-state index in [2.05, 4.69) is 40.4 Å². The average molecular weight is 345 g/mol. The van der Waals surface area contributed by atoms with Crippen molar-refractivity contribution in [2.24, 2.45) is 4.99 Å². The number of anilines is 2. The molecule has 2 aromatic rings. The third-order valence-corrected chi connectivity index (χ3v) is 4.66. The smallest absolute Gasteiger partial charge is 0.138 e. The first-order valence-corrected chi connectivity index (χ1v) is 8.27. The minimum Gasteiger partial charge on any atom is -0.412 e. The van der Waals surface area contributed by atoms with E-state index in [0.717, 1.165) is 54.6 Å². The van der Waals surface area contributed by atoms with Crippen LogP contribution in [-0.4, -0.2) is 54.3 Å². The summed E-state index contributed by atoms with van der Waals surface area (Å²) in [5.41, 5.74) is 4.12. The normalized spacial score (nSPS) is 16.9. The first kappa shape index (κ1) is 16.8. The molecule has 0 aromatic heterocycles. The zero-order valence-electron chi connectivity index (χ0n) is 13.6. The van der Waals surface area contributed by atoms with E-state index in [1.54, 1.807) is 0 Å². The zero-order chi connectivity index (χ0) is 15.8. The molecule has 1 fully saturated rings. The van der Waals surface area contributed by atoms with Gasteiger partial charge in [0, 0.05) is 42.5 Å². The molecule has 0 saturated carbocycles. The van der Waals surface area contributed by atoms with Gasteiger partial charge in [0.25, 0.3) is 0 Å². The standard InChI is InChI=1S/C18H19ClN4.H2O/c1-22-8-10-23(11-9-22)18-14-4-2-3-5-15(14)20-16-7-6-13(19)12-17(16)21-18;/h2-7,12,20H,8-11H2,1H3;1H2. The van der Waals surface area contributed by atoms with Crippen molar-refractivity contribution in [3.63, 3.8) is 0 Å². The van der Waals surface area contributed by atoms with E-state index < -0.39 is 0 Å². The van der Waals surface area contributed by atoms with Crippen LogP contribution in [-0.2, 0) is 0 Å². The topological polar surface area (TPSA) is 62.4 Å². The van der Waals surface area contributed by atoms with E-state index in [0.29, 0.717) is 5.02 Å². The Morgan fingerprint density at radius 3 is 2.54 bits per heavy atom. The van der Waals surface area contributed by atoms with E-state index in [9.17, 15) is 0 Å². The van der Waals surface area contributed by atoms with Crippen LogP contribution in [0.5, 0.6) is 0 Å². The molecule has 2 aliphatic heterocycles. The van der Waals surface area contributed by atoms with Gasteiger partial charge < -0.3 is 20.6 Å². The van der Waals surface area contributed by atoms with Crippen LogP contribution in [0.2, 0.25) is 5.02 Å². The highest BCUT2D eigenvalue weighted by Gasteiger charge is 2.23. The Morgan fingerprint density at radius 1 is 1.00 bits per heavy atom. The van der Waals surface area contributed by atoms with Gasteiger partial charge >= 0.3 is 0 Å². The molecule has 4 rings (SSSR count). The van der Waals surface area contributed by atoms with Crippen LogP contribution in [0.4, 0.5) is 17.1 Å². The first-order chi connectivity index (χ1) is 11.2. The summed E-state index contributed by atoms with van der Waals surface area (Å²) in [7, 11) is 2.16. The van der Waals surface area contributed by atoms with Crippen LogP contribution in [0.3, 0.4) is 0 Å². The number of rotatable bonds is 0. The minimum absolute atomic E-state index is 0. The summed E-state index contributed by atoms with van der Waals surface area (Å²) in [5.74, 6) is 1.03. The Labute approximate surface area is 146 Å². The molecule has 0 atom stereocenters. The van der Waals surface area contributed by atoms with E-state index in [-0.39, 0.29) is 5.48 Å². The van der Waals surface area contributed by atoms with E-state index >= 15 is 0 Å². The molecule has 0 amide bonds. The summed E-state index contributed by atoms with van der Waals surface area (Å²) in [6, 6.07) is 14.2. The summed E-state index contributed by atoms with van der Waals surface area (Å²) in [4.78, 5) is 9.69. The Bertz CT molecular complexity index is 769. The Hall–Kier alpha value is -2.08. The van der Waals surface area contributed by atoms with Crippen molar-refractivity contribution in [2.75, 3.05) is 38.5 Å². The quantitative estimate of drug-likeness (QED) is 0.799. The fraction of sp³-hybridized carbons (Fsp3) is 0.278. The lowest BCUT2D eigenvalue weighted by Gasteiger charge is -2.34. The first-order valence-electron chi connectivity index (χ1n) is 7.89. The van der Waals surface area contributed by atoms with Gasteiger partial charge in [-0.05, 0) is 37.4 Å². The van der Waals surface area contributed by atoms with Crippen molar-refractivity contribution in [3.8, 4) is 0 Å². The third-order valence-electron chi connectivity index (χ3n) is 4.43. The van der Waals surface area contributed by atoms with Crippen LogP contribution in [0.15, 0.2) is 47.5 Å². The number of hydrogen-bond donors (Lipinski definition) is 1. The van der Waals surface area contributed by atoms with Crippen LogP contribution in [0.1, 0.15) is 5.56 Å². The highest BCUT2D eigenvalue weighted by atomic mass is 35.5. The van der Waals surface area contributed by atoms with Gasteiger partial charge in [-0.1, -0.05) is 23.7 Å². The molecule has 0 bridgehead atoms. The lowest BCUT2D eigenvalue weighted by Crippen LogP contribution is -2.47. The molecule has 126 valence electrons. The van der Waals surface area contributed by atoms with Gasteiger partial charge in [0.1, 0.15) is 5.84 Å². The van der Waals surface area contributed by atoms with Crippen LogP contribution >= 0.6 is 11.6 Å². The molecule has 1 saturated heterocycles. The van der Waals surface area contributed by atoms with Gasteiger partial charge in [0.05, 0.1) is 11.4 Å². The highest BCUT2D eigenvalue weighted by Crippen LogP contribution is 2.36. The van der Waals surface area contributed by atoms with Crippen molar-refractivity contribution in [1.29, 1.82) is 0 Å². The van der Waals surface area contributed by atoms with Gasteiger partial charge in [0.15, 0.2) is 0 Å². The fourth-order valence-corrected chi connectivity index (χ4v) is 3.24. The number of aliphatic imine (C=N–C) groups is 1. The summed E-state index contributed by atoms with van der Waals surface area (Å²) >= 11 is 6.18. The molecule has 0 radical (unpaired) electrons. The van der Waals surface area contributed by atoms with E-state index in [1.165, 1.54) is 0 Å². The molecule has 0 aliphatic carbocycles. The second kappa shape index (κ2) is 6.81. The maximum absolute atomic E-state index is 6.18. The lowest BCUT2D eigenvalue weighted by molar-refractivity contribution is 0.216. The monoisotopic (exact) mass is 344 g/mol. The highest BCUT2D eigenvalue weighted by molar-refractivity contribution is 6.31. The van der Waals surface area contributed by atoms with E-state index in [1.807, 2.05) is 24.3 Å². The number of fused-ring (bicyclic) bond motifs is 2. The molecule has 2 heterocycles. The van der Waals surface area contributed by atoms with Crippen molar-refractivity contribution < 1.29 is 5.48 Å². The number of hydrogen-bond acceptors (Lipinski definition) is 4. The van der Waals surface area contributed by atoms with Gasteiger partial charge in [0.2, 0.25) is 0 Å². The number of likely N-dealkylation sites (N-methyl/N-ethyl adjacent to an activating group) is 1. The molecular formula is C18H21ClN4O. The lowest BCUT2D eigenvalue weighted by atomic mass is 10.1. The predicted octanol–water partition coefficient (Wildman–Crippen LogP) is 2.90. The van der Waals surface area contributed by atoms with Crippen molar-refractivity contribution in [2.45, 2.75) is 0 Å². The molecule has 3 N–H and O–H groups in total. The molecule has 5 nitrogen and oxygen atoms in total. The molecule has 2 aromatic carbocycles. The SMILES string of the molecule is CN1CCN(C2=Nc3cc(Cl)ccc3Nc3ccccc32)CC1.O. The zero-order valence-corrected chi connectivity index (χ0v) is 14.3. The van der Waals surface area contributed by atoms with Crippen molar-refractivity contribution >= 4 is 34.5 Å². The predicted molar refractivity (Wildman–Crippen MR) is 100 cm³/mol. The Kier molecular flexibility index (Phi) is 4.76. The molecule has 0 spiro atoms. The maximum Gasteiger partial charge on any atom is 0.138 e. The van der Waals surface area contributed by atoms with E-state index in [4.69, 9.17) is 16.6 Å². The fourth-order valence-electron chi connectivity index (χ4n) is 3.07. The largest absolute Gasteiger partial charge is 0.412 e. The summed E-state index contributed by atoms with van der Waals surface area (Å²) < 4.78 is 0. The second-order valence-corrected chi connectivity index (χ2v) is 6.49. The summed E-state index contributed by atoms with van der Waals surface area (Å²) in [6.07, 6.45) is 0. The van der Waals surface area contributed by atoms with Crippen LogP contribution < -0.4 is 5.32 Å². The number of piperazine rings is 1. The number of nitrogens with one attached hydrogen (secondary N) is 1. The number of halogens is 1. The third kappa shape index (κ3) is 3.11. The van der Waals surface area contributed by atoms with Gasteiger partial charge in [-0.3, -0.25) is 0 Å². The molecule has 2 aliphatic rings. The average Bonchev–Trinajstić information content (AvgIpc) is 2.72. The second-order valence-electron chi connectivity index (χ2n) is 6.06. The van der Waals surface area contributed by atoms with Gasteiger partial charge in [-0.2, -0.15) is 0 Å². The Morgan fingerprint density at radius 2 is 1.75 bits per heavy atom. The molecule has 0 unspecified atom stereocenters. The number of para-hydroxylation sites is 1. The molecule has 24 heavy (non-hydrogen) atoms. The van der Waals surface area contributed by atoms with Crippen molar-refractivity contribution in [1.82, 2.24) is 9.80 Å². The van der Waals surface area contributed by atoms with Crippen molar-refractivity contribution in [3.05, 3.63) is 53.1 Å². The number of amidine groups is 1. The summed E-state index contributed by atoms with van der Waals surface area (Å²) in [5, 5.41) is 4.20.